The third kappa shape index (κ3) is 11.0. The van der Waals surface area contributed by atoms with Crippen LogP contribution in [0, 0.1) is 0 Å². The van der Waals surface area contributed by atoms with Crippen molar-refractivity contribution in [3.63, 3.8) is 0 Å². The van der Waals surface area contributed by atoms with E-state index in [1.54, 1.807) is 0 Å². The second-order valence-electron chi connectivity index (χ2n) is 7.27. The maximum atomic E-state index is 12.7. The first-order valence-electron chi connectivity index (χ1n) is 10.1. The Labute approximate surface area is 185 Å². The minimum atomic E-state index is -1.64. The van der Waals surface area contributed by atoms with Gasteiger partial charge in [-0.1, -0.05) is 0 Å². The third-order valence-corrected chi connectivity index (χ3v) is 4.48. The number of carboxylic acids is 1. The molecule has 0 saturated carbocycles. The third-order valence-electron chi connectivity index (χ3n) is 4.48. The van der Waals surface area contributed by atoms with Gasteiger partial charge in [0.1, 0.15) is 18.1 Å². The molecule has 0 aliphatic carbocycles. The van der Waals surface area contributed by atoms with E-state index in [4.69, 9.17) is 27.4 Å². The zero-order valence-corrected chi connectivity index (χ0v) is 18.0. The molecule has 0 aliphatic rings. The molecule has 0 aromatic heterocycles. The van der Waals surface area contributed by atoms with Gasteiger partial charge in [0.2, 0.25) is 23.6 Å². The number of nitrogens with two attached hydrogens (primary N) is 3. The first kappa shape index (κ1) is 29.2. The summed E-state index contributed by atoms with van der Waals surface area (Å²) in [5.74, 6) is -4.73. The number of carboxylic acid groups (broad SMARTS) is 1. The number of rotatable bonds is 16. The van der Waals surface area contributed by atoms with Crippen molar-refractivity contribution < 1.29 is 39.3 Å². The molecule has 4 amide bonds. The van der Waals surface area contributed by atoms with E-state index in [9.17, 15) is 29.1 Å². The first-order valence-corrected chi connectivity index (χ1v) is 10.1. The quantitative estimate of drug-likeness (QED) is 0.0994. The van der Waals surface area contributed by atoms with Crippen molar-refractivity contribution in [2.75, 3.05) is 13.2 Å². The number of aliphatic carboxylic acids is 1. The van der Waals surface area contributed by atoms with Crippen molar-refractivity contribution in [1.82, 2.24) is 16.0 Å². The summed E-state index contributed by atoms with van der Waals surface area (Å²) in [6, 6.07) is -5.45. The summed E-state index contributed by atoms with van der Waals surface area (Å²) in [5.41, 5.74) is 16.2. The van der Waals surface area contributed by atoms with E-state index >= 15 is 0 Å². The normalized spacial score (nSPS) is 15.5. The van der Waals surface area contributed by atoms with Gasteiger partial charge in [-0.05, 0) is 39.2 Å². The molecule has 0 unspecified atom stereocenters. The highest BCUT2D eigenvalue weighted by Crippen LogP contribution is 2.05. The molecule has 0 bridgehead atoms. The molecule has 184 valence electrons. The Bertz CT molecular complexity index is 659. The Morgan fingerprint density at radius 3 is 1.97 bits per heavy atom. The van der Waals surface area contributed by atoms with Crippen LogP contribution in [0.1, 0.15) is 39.0 Å². The first-order chi connectivity index (χ1) is 14.9. The Morgan fingerprint density at radius 1 is 0.906 bits per heavy atom. The average Bonchev–Trinajstić information content (AvgIpc) is 2.72. The summed E-state index contributed by atoms with van der Waals surface area (Å²) in [7, 11) is 0. The van der Waals surface area contributed by atoms with Crippen LogP contribution in [0.2, 0.25) is 0 Å². The molecule has 0 radical (unpaired) electrons. The van der Waals surface area contributed by atoms with Crippen LogP contribution in [0.15, 0.2) is 0 Å². The lowest BCUT2D eigenvalue weighted by molar-refractivity contribution is -0.144. The van der Waals surface area contributed by atoms with Crippen LogP contribution in [-0.2, 0) is 24.0 Å². The molecule has 0 fully saturated rings. The van der Waals surface area contributed by atoms with Crippen LogP contribution >= 0.6 is 0 Å². The zero-order valence-electron chi connectivity index (χ0n) is 18.0. The lowest BCUT2D eigenvalue weighted by Crippen LogP contribution is -2.60. The summed E-state index contributed by atoms with van der Waals surface area (Å²) >= 11 is 0. The zero-order chi connectivity index (χ0) is 24.8. The van der Waals surface area contributed by atoms with Gasteiger partial charge in [0.15, 0.2) is 0 Å². The van der Waals surface area contributed by atoms with Crippen molar-refractivity contribution in [3.8, 4) is 0 Å². The topological polar surface area (TPSA) is 260 Å². The van der Waals surface area contributed by atoms with Gasteiger partial charge in [0.25, 0.3) is 0 Å². The van der Waals surface area contributed by atoms with E-state index in [0.29, 0.717) is 19.4 Å². The maximum Gasteiger partial charge on any atom is 0.328 e. The van der Waals surface area contributed by atoms with Gasteiger partial charge in [-0.2, -0.15) is 0 Å². The maximum absolute atomic E-state index is 12.7. The van der Waals surface area contributed by atoms with Gasteiger partial charge < -0.3 is 48.5 Å². The summed E-state index contributed by atoms with van der Waals surface area (Å²) in [6.45, 7) is 0.639. The Balaban J connectivity index is 5.32. The number of hydrogen-bond donors (Lipinski definition) is 9. The SMILES string of the molecule is C[C@@H](O)[C@H](NC(=O)[C@H](CCCCN)NC(=O)[C@@H](N)CCC(N)=O)C(=O)N[C@@H](CO)C(=O)O. The molecule has 0 aliphatic heterocycles. The predicted octanol–water partition coefficient (Wildman–Crippen LogP) is -4.38. The predicted molar refractivity (Wildman–Crippen MR) is 112 cm³/mol. The van der Waals surface area contributed by atoms with E-state index in [-0.39, 0.29) is 19.3 Å². The van der Waals surface area contributed by atoms with Crippen molar-refractivity contribution in [3.05, 3.63) is 0 Å². The van der Waals surface area contributed by atoms with E-state index in [1.165, 1.54) is 6.92 Å². The molecular weight excluding hydrogens is 428 g/mol. The number of carbonyl (C=O) groups is 5. The molecule has 0 spiro atoms. The van der Waals surface area contributed by atoms with E-state index < -0.39 is 66.5 Å². The number of nitrogens with one attached hydrogen (secondary N) is 3. The van der Waals surface area contributed by atoms with Crippen molar-refractivity contribution in [2.45, 2.75) is 69.3 Å². The number of aliphatic hydroxyl groups is 2. The number of unbranched alkanes of at least 4 members (excludes halogenated alkanes) is 1. The monoisotopic (exact) mass is 462 g/mol. The van der Waals surface area contributed by atoms with Crippen LogP contribution in [0.5, 0.6) is 0 Å². The molecule has 14 heteroatoms. The molecule has 0 aromatic rings. The van der Waals surface area contributed by atoms with Crippen LogP contribution in [-0.4, -0.2) is 88.3 Å². The minimum absolute atomic E-state index is 0.0330. The lowest BCUT2D eigenvalue weighted by Gasteiger charge is -2.26. The number of amides is 4. The Kier molecular flexibility index (Phi) is 13.7. The highest BCUT2D eigenvalue weighted by molar-refractivity contribution is 5.94. The molecule has 0 rings (SSSR count). The van der Waals surface area contributed by atoms with E-state index in [0.717, 1.165) is 0 Å². The molecule has 14 nitrogen and oxygen atoms in total. The number of primary amides is 1. The number of hydrogen-bond acceptors (Lipinski definition) is 9. The number of carbonyl (C=O) groups excluding carboxylic acids is 4. The minimum Gasteiger partial charge on any atom is -0.480 e. The smallest absolute Gasteiger partial charge is 0.328 e. The molecule has 0 heterocycles. The van der Waals surface area contributed by atoms with Gasteiger partial charge >= 0.3 is 5.97 Å². The van der Waals surface area contributed by atoms with Crippen LogP contribution in [0.25, 0.3) is 0 Å². The number of aliphatic hydroxyl groups excluding tert-OH is 2. The van der Waals surface area contributed by atoms with Crippen LogP contribution in [0.4, 0.5) is 0 Å². The lowest BCUT2D eigenvalue weighted by atomic mass is 10.0. The second kappa shape index (κ2) is 15.1. The highest BCUT2D eigenvalue weighted by Gasteiger charge is 2.32. The Hall–Kier alpha value is -2.81. The van der Waals surface area contributed by atoms with Crippen LogP contribution < -0.4 is 33.2 Å². The van der Waals surface area contributed by atoms with Gasteiger partial charge in [-0.3, -0.25) is 19.2 Å². The Morgan fingerprint density at radius 2 is 1.50 bits per heavy atom. The summed E-state index contributed by atoms with van der Waals surface area (Å²) < 4.78 is 0. The highest BCUT2D eigenvalue weighted by atomic mass is 16.4. The summed E-state index contributed by atoms with van der Waals surface area (Å²) in [4.78, 5) is 59.2. The summed E-state index contributed by atoms with van der Waals surface area (Å²) in [5, 5.41) is 34.6. The van der Waals surface area contributed by atoms with Crippen molar-refractivity contribution in [1.29, 1.82) is 0 Å². The van der Waals surface area contributed by atoms with Gasteiger partial charge in [0, 0.05) is 6.42 Å². The largest absolute Gasteiger partial charge is 0.480 e. The van der Waals surface area contributed by atoms with E-state index in [1.807, 2.05) is 5.32 Å². The molecule has 32 heavy (non-hydrogen) atoms. The fraction of sp³-hybridized carbons (Fsp3) is 0.722. The van der Waals surface area contributed by atoms with Gasteiger partial charge in [-0.15, -0.1) is 0 Å². The standard InChI is InChI=1S/C18H34N6O8/c1-9(26)14(17(30)23-12(8-25)18(31)32)24-16(29)11(4-2-3-7-19)22-15(28)10(20)5-6-13(21)27/h9-12,14,25-26H,2-8,19-20H2,1H3,(H2,21,27)(H,22,28)(H,23,30)(H,24,29)(H,31,32)/t9-,10+,11+,12+,14+/m1/s1. The molecule has 0 aromatic carbocycles. The molecule has 12 N–H and O–H groups in total. The molecular formula is C18H34N6O8. The van der Waals surface area contributed by atoms with Gasteiger partial charge in [0.05, 0.1) is 18.8 Å². The average molecular weight is 463 g/mol. The van der Waals surface area contributed by atoms with Crippen molar-refractivity contribution in [2.24, 2.45) is 17.2 Å². The summed E-state index contributed by atoms with van der Waals surface area (Å²) in [6.07, 6.45) is -0.453. The fourth-order valence-electron chi connectivity index (χ4n) is 2.58. The van der Waals surface area contributed by atoms with Crippen molar-refractivity contribution >= 4 is 29.6 Å². The van der Waals surface area contributed by atoms with Gasteiger partial charge in [-0.25, -0.2) is 4.79 Å². The van der Waals surface area contributed by atoms with Crippen LogP contribution in [0.3, 0.4) is 0 Å². The van der Waals surface area contributed by atoms with E-state index in [2.05, 4.69) is 10.6 Å². The second-order valence-corrected chi connectivity index (χ2v) is 7.27. The molecule has 5 atom stereocenters. The fourth-order valence-corrected chi connectivity index (χ4v) is 2.58. The molecule has 0 saturated heterocycles.